The van der Waals surface area contributed by atoms with Crippen molar-refractivity contribution in [2.75, 3.05) is 30.9 Å². The second-order valence-corrected chi connectivity index (χ2v) is 6.77. The number of alkyl halides is 2. The smallest absolute Gasteiger partial charge is 0.293 e. The number of nitrogens with one attached hydrogen (secondary N) is 2. The van der Waals surface area contributed by atoms with E-state index in [1.807, 2.05) is 0 Å². The van der Waals surface area contributed by atoms with E-state index in [1.54, 1.807) is 0 Å². The quantitative estimate of drug-likeness (QED) is 0.254. The van der Waals surface area contributed by atoms with Crippen LogP contribution in [0.25, 0.3) is 0 Å². The van der Waals surface area contributed by atoms with Gasteiger partial charge in [-0.3, -0.25) is 14.9 Å². The van der Waals surface area contributed by atoms with Crippen molar-refractivity contribution < 1.29 is 23.2 Å². The molecule has 0 aliphatic heterocycles. The molecule has 0 aliphatic rings. The maximum atomic E-state index is 12.8. The van der Waals surface area contributed by atoms with E-state index in [4.69, 9.17) is 16.3 Å². The van der Waals surface area contributed by atoms with Crippen molar-refractivity contribution in [3.63, 3.8) is 0 Å². The van der Waals surface area contributed by atoms with Gasteiger partial charge in [-0.25, -0.2) is 0 Å². The molecule has 0 saturated heterocycles. The molecule has 2 rings (SSSR count). The standard InChI is InChI=1S/C17H16ClF2N3O4S/c1-27-8-7-21-12-6-5-10(9-14(12)23(25)26)16(24)22-13-4-2-3-11(18)15(13)28-17(19)20/h2-6,9,17,21H,7-8H2,1H3,(H,22,24). The molecule has 0 unspecified atom stereocenters. The molecule has 0 atom stereocenters. The van der Waals surface area contributed by atoms with E-state index in [0.717, 1.165) is 6.07 Å². The third kappa shape index (κ3) is 5.78. The Kier molecular flexibility index (Phi) is 7.97. The lowest BCUT2D eigenvalue weighted by Gasteiger charge is -2.12. The molecule has 0 aliphatic carbocycles. The lowest BCUT2D eigenvalue weighted by Crippen LogP contribution is -2.14. The van der Waals surface area contributed by atoms with Crippen LogP contribution in [0, 0.1) is 10.1 Å². The van der Waals surface area contributed by atoms with Gasteiger partial charge in [0.05, 0.1) is 27.1 Å². The number of rotatable bonds is 9. The van der Waals surface area contributed by atoms with Crippen LogP contribution in [0.5, 0.6) is 0 Å². The van der Waals surface area contributed by atoms with E-state index < -0.39 is 16.6 Å². The van der Waals surface area contributed by atoms with Gasteiger partial charge < -0.3 is 15.4 Å². The zero-order chi connectivity index (χ0) is 20.7. The fourth-order valence-electron chi connectivity index (χ4n) is 2.27. The molecule has 1 amide bonds. The minimum Gasteiger partial charge on any atom is -0.383 e. The lowest BCUT2D eigenvalue weighted by molar-refractivity contribution is -0.384. The fourth-order valence-corrected chi connectivity index (χ4v) is 3.18. The predicted octanol–water partition coefficient (Wildman–Crippen LogP) is 4.87. The van der Waals surface area contributed by atoms with Crippen LogP contribution in [-0.4, -0.2) is 36.8 Å². The topological polar surface area (TPSA) is 93.5 Å². The van der Waals surface area contributed by atoms with Gasteiger partial charge in [0.15, 0.2) is 0 Å². The Balaban J connectivity index is 2.26. The molecular formula is C17H16ClF2N3O4S. The second kappa shape index (κ2) is 10.2. The Morgan fingerprint density at radius 3 is 2.71 bits per heavy atom. The molecule has 150 valence electrons. The number of hydrogen-bond acceptors (Lipinski definition) is 6. The second-order valence-electron chi connectivity index (χ2n) is 5.36. The largest absolute Gasteiger partial charge is 0.383 e. The molecule has 0 radical (unpaired) electrons. The number of nitrogens with zero attached hydrogens (tertiary/aromatic N) is 1. The Morgan fingerprint density at radius 2 is 2.07 bits per heavy atom. The molecular weight excluding hydrogens is 416 g/mol. The summed E-state index contributed by atoms with van der Waals surface area (Å²) < 4.78 is 30.4. The summed E-state index contributed by atoms with van der Waals surface area (Å²) in [4.78, 5) is 23.2. The average molecular weight is 432 g/mol. The fraction of sp³-hybridized carbons (Fsp3) is 0.235. The highest BCUT2D eigenvalue weighted by Gasteiger charge is 2.20. The zero-order valence-electron chi connectivity index (χ0n) is 14.6. The van der Waals surface area contributed by atoms with E-state index in [2.05, 4.69) is 10.6 Å². The van der Waals surface area contributed by atoms with Gasteiger partial charge in [-0.2, -0.15) is 8.78 Å². The molecule has 0 bridgehead atoms. The van der Waals surface area contributed by atoms with Crippen LogP contribution in [0.4, 0.5) is 25.8 Å². The normalized spacial score (nSPS) is 10.8. The first-order valence-corrected chi connectivity index (χ1v) is 9.15. The highest BCUT2D eigenvalue weighted by molar-refractivity contribution is 7.99. The number of anilines is 2. The van der Waals surface area contributed by atoms with Gasteiger partial charge in [0, 0.05) is 25.3 Å². The van der Waals surface area contributed by atoms with Crippen LogP contribution in [0.1, 0.15) is 10.4 Å². The maximum absolute atomic E-state index is 12.8. The van der Waals surface area contributed by atoms with Crippen LogP contribution in [-0.2, 0) is 4.74 Å². The summed E-state index contributed by atoms with van der Waals surface area (Å²) in [5.74, 6) is -3.42. The SMILES string of the molecule is COCCNc1ccc(C(=O)Nc2cccc(Cl)c2SC(F)F)cc1[N+](=O)[O-]. The van der Waals surface area contributed by atoms with Gasteiger partial charge in [-0.15, -0.1) is 0 Å². The molecule has 7 nitrogen and oxygen atoms in total. The summed E-state index contributed by atoms with van der Waals surface area (Å²) in [6.07, 6.45) is 0. The Bertz CT molecular complexity index is 870. The number of benzene rings is 2. The Morgan fingerprint density at radius 1 is 1.32 bits per heavy atom. The Labute approximate surface area is 168 Å². The van der Waals surface area contributed by atoms with Gasteiger partial charge in [0.2, 0.25) is 0 Å². The molecule has 2 aromatic carbocycles. The minimum absolute atomic E-state index is 0.00281. The van der Waals surface area contributed by atoms with Gasteiger partial charge in [0.1, 0.15) is 5.69 Å². The first-order valence-electron chi connectivity index (χ1n) is 7.89. The third-order valence-corrected chi connectivity index (χ3v) is 4.78. The number of halogens is 3. The van der Waals surface area contributed by atoms with Crippen molar-refractivity contribution in [2.24, 2.45) is 0 Å². The number of methoxy groups -OCH3 is 1. The van der Waals surface area contributed by atoms with Crippen molar-refractivity contribution >= 4 is 46.3 Å². The highest BCUT2D eigenvalue weighted by atomic mass is 35.5. The lowest BCUT2D eigenvalue weighted by atomic mass is 10.1. The summed E-state index contributed by atoms with van der Waals surface area (Å²) in [5, 5.41) is 16.7. The van der Waals surface area contributed by atoms with Gasteiger partial charge in [0.25, 0.3) is 17.4 Å². The monoisotopic (exact) mass is 431 g/mol. The first kappa shape index (κ1) is 21.9. The van der Waals surface area contributed by atoms with Gasteiger partial charge >= 0.3 is 0 Å². The minimum atomic E-state index is -2.73. The third-order valence-electron chi connectivity index (χ3n) is 3.50. The summed E-state index contributed by atoms with van der Waals surface area (Å²) in [6.45, 7) is 0.693. The van der Waals surface area contributed by atoms with E-state index >= 15 is 0 Å². The molecule has 0 heterocycles. The van der Waals surface area contributed by atoms with Crippen LogP contribution < -0.4 is 10.6 Å². The average Bonchev–Trinajstić information content (AvgIpc) is 2.64. The Hall–Kier alpha value is -2.43. The number of amides is 1. The molecule has 2 aromatic rings. The number of nitro groups is 1. The number of carbonyl (C=O) groups excluding carboxylic acids is 1. The van der Waals surface area contributed by atoms with E-state index in [0.29, 0.717) is 13.2 Å². The molecule has 28 heavy (non-hydrogen) atoms. The molecule has 11 heteroatoms. The van der Waals surface area contributed by atoms with Crippen LogP contribution >= 0.6 is 23.4 Å². The molecule has 0 aromatic heterocycles. The first-order chi connectivity index (χ1) is 13.3. The van der Waals surface area contributed by atoms with E-state index in [9.17, 15) is 23.7 Å². The van der Waals surface area contributed by atoms with Crippen LogP contribution in [0.3, 0.4) is 0 Å². The van der Waals surface area contributed by atoms with Crippen LogP contribution in [0.15, 0.2) is 41.3 Å². The number of ether oxygens (including phenoxy) is 1. The maximum Gasteiger partial charge on any atom is 0.293 e. The van der Waals surface area contributed by atoms with Crippen molar-refractivity contribution in [3.05, 3.63) is 57.1 Å². The number of carbonyl (C=O) groups is 1. The van der Waals surface area contributed by atoms with Crippen molar-refractivity contribution in [2.45, 2.75) is 10.7 Å². The summed E-state index contributed by atoms with van der Waals surface area (Å²) >= 11 is 6.14. The molecule has 0 fully saturated rings. The van der Waals surface area contributed by atoms with Crippen molar-refractivity contribution in [1.29, 1.82) is 0 Å². The highest BCUT2D eigenvalue weighted by Crippen LogP contribution is 2.38. The van der Waals surface area contributed by atoms with Gasteiger partial charge in [-0.1, -0.05) is 29.4 Å². The molecule has 2 N–H and O–H groups in total. The molecule has 0 saturated carbocycles. The number of thioether (sulfide) groups is 1. The summed E-state index contributed by atoms with van der Waals surface area (Å²) in [7, 11) is 1.50. The summed E-state index contributed by atoms with van der Waals surface area (Å²) in [5.41, 5.74) is 0.0250. The van der Waals surface area contributed by atoms with Crippen molar-refractivity contribution in [3.8, 4) is 0 Å². The number of hydrogen-bond donors (Lipinski definition) is 2. The predicted molar refractivity (Wildman–Crippen MR) is 105 cm³/mol. The summed E-state index contributed by atoms with van der Waals surface area (Å²) in [6, 6.07) is 8.24. The molecule has 0 spiro atoms. The van der Waals surface area contributed by atoms with E-state index in [-0.39, 0.29) is 44.3 Å². The van der Waals surface area contributed by atoms with Crippen LogP contribution in [0.2, 0.25) is 5.02 Å². The van der Waals surface area contributed by atoms with Crippen molar-refractivity contribution in [1.82, 2.24) is 0 Å². The number of nitro benzene ring substituents is 1. The van der Waals surface area contributed by atoms with E-state index in [1.165, 1.54) is 37.4 Å². The zero-order valence-corrected chi connectivity index (χ0v) is 16.2. The van der Waals surface area contributed by atoms with Gasteiger partial charge in [-0.05, 0) is 24.3 Å².